The Hall–Kier alpha value is -2.14. The summed E-state index contributed by atoms with van der Waals surface area (Å²) in [5.41, 5.74) is 9.27. The minimum atomic E-state index is 0.604. The van der Waals surface area contributed by atoms with Crippen LogP contribution in [0.25, 0.3) is 11.3 Å². The fraction of sp³-hybridized carbons (Fsp3) is 0.444. The summed E-state index contributed by atoms with van der Waals surface area (Å²) in [6, 6.07) is 8.38. The van der Waals surface area contributed by atoms with Gasteiger partial charge in [-0.3, -0.25) is 0 Å². The molecule has 0 amide bonds. The first-order valence-electron chi connectivity index (χ1n) is 8.49. The molecule has 1 saturated heterocycles. The standard InChI is InChI=1S/C18H23N5/c19-17-11-15(13-2-3-13)10-16(22-17)14-4-5-18(21-12-14)23-8-1-6-20-7-9-23/h4-5,10-13,20H,1-3,6-9H2,(H2,19,22). The van der Waals surface area contributed by atoms with Gasteiger partial charge in [-0.25, -0.2) is 9.97 Å². The maximum absolute atomic E-state index is 5.98. The minimum absolute atomic E-state index is 0.604. The van der Waals surface area contributed by atoms with Gasteiger partial charge in [0.1, 0.15) is 11.6 Å². The molecule has 3 N–H and O–H groups in total. The lowest BCUT2D eigenvalue weighted by Crippen LogP contribution is -2.28. The Labute approximate surface area is 136 Å². The first-order chi connectivity index (χ1) is 11.3. The van der Waals surface area contributed by atoms with E-state index in [0.29, 0.717) is 11.7 Å². The molecule has 0 spiro atoms. The van der Waals surface area contributed by atoms with Crippen LogP contribution in [-0.2, 0) is 0 Å². The molecule has 0 aromatic carbocycles. The van der Waals surface area contributed by atoms with Crippen LogP contribution in [0.5, 0.6) is 0 Å². The van der Waals surface area contributed by atoms with Crippen LogP contribution in [0.1, 0.15) is 30.7 Å². The van der Waals surface area contributed by atoms with Gasteiger partial charge in [-0.05, 0) is 61.6 Å². The number of hydrogen-bond donors (Lipinski definition) is 2. The van der Waals surface area contributed by atoms with Crippen molar-refractivity contribution in [3.05, 3.63) is 36.0 Å². The number of nitrogens with two attached hydrogens (primary N) is 1. The van der Waals surface area contributed by atoms with E-state index in [0.717, 1.165) is 49.7 Å². The van der Waals surface area contributed by atoms with Crippen molar-refractivity contribution in [2.24, 2.45) is 0 Å². The van der Waals surface area contributed by atoms with Gasteiger partial charge >= 0.3 is 0 Å². The maximum Gasteiger partial charge on any atom is 0.128 e. The van der Waals surface area contributed by atoms with Crippen LogP contribution in [-0.4, -0.2) is 36.1 Å². The monoisotopic (exact) mass is 309 g/mol. The number of hydrogen-bond acceptors (Lipinski definition) is 5. The van der Waals surface area contributed by atoms with E-state index >= 15 is 0 Å². The lowest BCUT2D eigenvalue weighted by molar-refractivity contribution is 0.724. The van der Waals surface area contributed by atoms with Crippen LogP contribution in [0.3, 0.4) is 0 Å². The Balaban J connectivity index is 1.58. The molecule has 0 unspecified atom stereocenters. The third kappa shape index (κ3) is 3.29. The largest absolute Gasteiger partial charge is 0.384 e. The number of nitrogens with one attached hydrogen (secondary N) is 1. The molecule has 1 aliphatic carbocycles. The van der Waals surface area contributed by atoms with Crippen LogP contribution in [0.4, 0.5) is 11.6 Å². The highest BCUT2D eigenvalue weighted by Crippen LogP contribution is 2.41. The smallest absolute Gasteiger partial charge is 0.128 e. The molecular formula is C18H23N5. The minimum Gasteiger partial charge on any atom is -0.384 e. The summed E-state index contributed by atoms with van der Waals surface area (Å²) in [6.45, 7) is 4.17. The first-order valence-corrected chi connectivity index (χ1v) is 8.49. The van der Waals surface area contributed by atoms with Crippen LogP contribution in [0, 0.1) is 0 Å². The molecule has 3 heterocycles. The van der Waals surface area contributed by atoms with Gasteiger partial charge in [-0.1, -0.05) is 0 Å². The summed E-state index contributed by atoms with van der Waals surface area (Å²) < 4.78 is 0. The van der Waals surface area contributed by atoms with Crippen molar-refractivity contribution in [1.29, 1.82) is 0 Å². The van der Waals surface area contributed by atoms with Gasteiger partial charge in [0.25, 0.3) is 0 Å². The fourth-order valence-corrected chi connectivity index (χ4v) is 3.17. The van der Waals surface area contributed by atoms with Crippen molar-refractivity contribution < 1.29 is 0 Å². The topological polar surface area (TPSA) is 67.1 Å². The quantitative estimate of drug-likeness (QED) is 0.911. The molecule has 0 atom stereocenters. The van der Waals surface area contributed by atoms with Crippen molar-refractivity contribution in [2.75, 3.05) is 36.8 Å². The zero-order valence-electron chi connectivity index (χ0n) is 13.3. The zero-order valence-corrected chi connectivity index (χ0v) is 13.3. The maximum atomic E-state index is 5.98. The second-order valence-corrected chi connectivity index (χ2v) is 6.48. The number of pyridine rings is 2. The molecule has 0 bridgehead atoms. The highest BCUT2D eigenvalue weighted by atomic mass is 15.2. The van der Waals surface area contributed by atoms with Crippen LogP contribution >= 0.6 is 0 Å². The summed E-state index contributed by atoms with van der Waals surface area (Å²) >= 11 is 0. The van der Waals surface area contributed by atoms with Crippen LogP contribution in [0.15, 0.2) is 30.5 Å². The molecule has 120 valence electrons. The van der Waals surface area contributed by atoms with E-state index in [4.69, 9.17) is 5.73 Å². The molecule has 0 radical (unpaired) electrons. The molecule has 2 aromatic rings. The van der Waals surface area contributed by atoms with Gasteiger partial charge in [-0.2, -0.15) is 0 Å². The van der Waals surface area contributed by atoms with E-state index in [1.165, 1.54) is 18.4 Å². The molecule has 2 aliphatic rings. The van der Waals surface area contributed by atoms with E-state index < -0.39 is 0 Å². The van der Waals surface area contributed by atoms with Crippen molar-refractivity contribution in [2.45, 2.75) is 25.2 Å². The van der Waals surface area contributed by atoms with Crippen molar-refractivity contribution >= 4 is 11.6 Å². The Bertz CT molecular complexity index is 670. The number of rotatable bonds is 3. The molecule has 1 saturated carbocycles. The second kappa shape index (κ2) is 6.16. The van der Waals surface area contributed by atoms with E-state index in [-0.39, 0.29) is 0 Å². The van der Waals surface area contributed by atoms with Crippen LogP contribution in [0.2, 0.25) is 0 Å². The predicted molar refractivity (Wildman–Crippen MR) is 93.6 cm³/mol. The van der Waals surface area contributed by atoms with Crippen molar-refractivity contribution in [3.63, 3.8) is 0 Å². The third-order valence-electron chi connectivity index (χ3n) is 4.62. The fourth-order valence-electron chi connectivity index (χ4n) is 3.17. The van der Waals surface area contributed by atoms with Gasteiger partial charge in [-0.15, -0.1) is 0 Å². The average molecular weight is 309 g/mol. The lowest BCUT2D eigenvalue weighted by atomic mass is 10.1. The van der Waals surface area contributed by atoms with Gasteiger partial charge in [0.05, 0.1) is 5.69 Å². The highest BCUT2D eigenvalue weighted by Gasteiger charge is 2.24. The summed E-state index contributed by atoms with van der Waals surface area (Å²) in [6.07, 6.45) is 5.61. The molecule has 2 fully saturated rings. The lowest BCUT2D eigenvalue weighted by Gasteiger charge is -2.21. The Morgan fingerprint density at radius 3 is 2.83 bits per heavy atom. The second-order valence-electron chi connectivity index (χ2n) is 6.48. The molecule has 5 nitrogen and oxygen atoms in total. The van der Waals surface area contributed by atoms with Crippen molar-refractivity contribution in [3.8, 4) is 11.3 Å². The molecule has 4 rings (SSSR count). The van der Waals surface area contributed by atoms with Crippen molar-refractivity contribution in [1.82, 2.24) is 15.3 Å². The number of aromatic nitrogens is 2. The molecule has 23 heavy (non-hydrogen) atoms. The van der Waals surface area contributed by atoms with E-state index in [1.54, 1.807) is 0 Å². The molecular weight excluding hydrogens is 286 g/mol. The van der Waals surface area contributed by atoms with Gasteiger partial charge in [0.2, 0.25) is 0 Å². The average Bonchev–Trinajstić information content (AvgIpc) is 3.41. The SMILES string of the molecule is Nc1cc(C2CC2)cc(-c2ccc(N3CCCNCC3)nc2)n1. The molecule has 5 heteroatoms. The van der Waals surface area contributed by atoms with E-state index in [2.05, 4.69) is 38.4 Å². The number of nitrogen functional groups attached to an aromatic ring is 1. The normalized spacial score (nSPS) is 18.7. The van der Waals surface area contributed by atoms with Gasteiger partial charge in [0.15, 0.2) is 0 Å². The highest BCUT2D eigenvalue weighted by molar-refractivity contribution is 5.63. The summed E-state index contributed by atoms with van der Waals surface area (Å²) in [5, 5.41) is 3.42. The summed E-state index contributed by atoms with van der Waals surface area (Å²) in [5.74, 6) is 2.33. The Kier molecular flexibility index (Phi) is 3.87. The number of nitrogens with zero attached hydrogens (tertiary/aromatic N) is 3. The van der Waals surface area contributed by atoms with E-state index in [1.807, 2.05) is 12.3 Å². The first kappa shape index (κ1) is 14.5. The number of anilines is 2. The molecule has 2 aromatic heterocycles. The summed E-state index contributed by atoms with van der Waals surface area (Å²) in [7, 11) is 0. The van der Waals surface area contributed by atoms with Crippen LogP contribution < -0.4 is 16.0 Å². The Morgan fingerprint density at radius 2 is 2.04 bits per heavy atom. The van der Waals surface area contributed by atoms with E-state index in [9.17, 15) is 0 Å². The zero-order chi connectivity index (χ0) is 15.6. The Morgan fingerprint density at radius 1 is 1.13 bits per heavy atom. The summed E-state index contributed by atoms with van der Waals surface area (Å²) in [4.78, 5) is 11.5. The van der Waals surface area contributed by atoms with Gasteiger partial charge < -0.3 is 16.0 Å². The predicted octanol–water partition coefficient (Wildman–Crippen LogP) is 2.40. The van der Waals surface area contributed by atoms with Gasteiger partial charge in [0, 0.05) is 31.4 Å². The molecule has 1 aliphatic heterocycles. The third-order valence-corrected chi connectivity index (χ3v) is 4.62.